The quantitative estimate of drug-likeness (QED) is 0.714. The highest BCUT2D eigenvalue weighted by atomic mass is 16.1. The number of anilines is 1. The van der Waals surface area contributed by atoms with Gasteiger partial charge < -0.3 is 16.4 Å². The van der Waals surface area contributed by atoms with Crippen molar-refractivity contribution in [3.63, 3.8) is 0 Å². The smallest absolute Gasteiger partial charge is 0.248 e. The minimum atomic E-state index is -0.419. The lowest BCUT2D eigenvalue weighted by Crippen LogP contribution is -2.29. The summed E-state index contributed by atoms with van der Waals surface area (Å²) in [7, 11) is 0. The van der Waals surface area contributed by atoms with Gasteiger partial charge in [-0.15, -0.1) is 0 Å². The van der Waals surface area contributed by atoms with Crippen molar-refractivity contribution in [1.29, 1.82) is 0 Å². The molecule has 1 aromatic heterocycles. The number of rotatable bonds is 4. The van der Waals surface area contributed by atoms with E-state index in [1.807, 2.05) is 6.92 Å². The van der Waals surface area contributed by atoms with Crippen molar-refractivity contribution in [2.24, 2.45) is 5.73 Å². The summed E-state index contributed by atoms with van der Waals surface area (Å²) >= 11 is 0. The summed E-state index contributed by atoms with van der Waals surface area (Å²) in [5, 5.41) is 6.64. The van der Waals surface area contributed by atoms with Crippen molar-refractivity contribution < 1.29 is 4.79 Å². The summed E-state index contributed by atoms with van der Waals surface area (Å²) in [5.74, 6) is 0.296. The van der Waals surface area contributed by atoms with E-state index in [4.69, 9.17) is 5.73 Å². The van der Waals surface area contributed by atoms with E-state index in [1.165, 1.54) is 12.8 Å². The fourth-order valence-electron chi connectivity index (χ4n) is 2.06. The van der Waals surface area contributed by atoms with E-state index < -0.39 is 5.91 Å². The van der Waals surface area contributed by atoms with Gasteiger partial charge in [-0.1, -0.05) is 0 Å². The Balaban J connectivity index is 2.01. The molecule has 2 heterocycles. The molecule has 1 aromatic rings. The molecule has 5 heteroatoms. The number of carbonyl (C=O) groups excluding carboxylic acids is 1. The van der Waals surface area contributed by atoms with Gasteiger partial charge in [0.15, 0.2) is 0 Å². The molecule has 0 aliphatic carbocycles. The average Bonchev–Trinajstić information content (AvgIpc) is 2.78. The van der Waals surface area contributed by atoms with Crippen LogP contribution in [-0.2, 0) is 0 Å². The summed E-state index contributed by atoms with van der Waals surface area (Å²) in [6.07, 6.45) is 2.40. The second-order valence-corrected chi connectivity index (χ2v) is 4.42. The third-order valence-corrected chi connectivity index (χ3v) is 2.93. The number of carbonyl (C=O) groups is 1. The average molecular weight is 234 g/mol. The van der Waals surface area contributed by atoms with Crippen LogP contribution in [0.15, 0.2) is 12.1 Å². The van der Waals surface area contributed by atoms with Crippen LogP contribution < -0.4 is 16.4 Å². The van der Waals surface area contributed by atoms with Crippen molar-refractivity contribution in [2.45, 2.75) is 25.8 Å². The van der Waals surface area contributed by atoms with Crippen LogP contribution in [0, 0.1) is 6.92 Å². The van der Waals surface area contributed by atoms with Gasteiger partial charge in [0.2, 0.25) is 5.91 Å². The number of hydrogen-bond donors (Lipinski definition) is 3. The lowest BCUT2D eigenvalue weighted by molar-refractivity contribution is 0.1000. The van der Waals surface area contributed by atoms with Crippen LogP contribution >= 0.6 is 0 Å². The maximum absolute atomic E-state index is 11.1. The van der Waals surface area contributed by atoms with E-state index in [9.17, 15) is 4.79 Å². The van der Waals surface area contributed by atoms with Crippen LogP contribution in [0.4, 0.5) is 5.82 Å². The largest absolute Gasteiger partial charge is 0.368 e. The standard InChI is InChI=1S/C12H18N4O/c1-8-5-9(12(13)17)6-11(16-8)15-7-10-3-2-4-14-10/h5-6,10,14H,2-4,7H2,1H3,(H2,13,17)(H,15,16). The van der Waals surface area contributed by atoms with Gasteiger partial charge in [-0.3, -0.25) is 4.79 Å². The maximum atomic E-state index is 11.1. The third-order valence-electron chi connectivity index (χ3n) is 2.93. The zero-order valence-corrected chi connectivity index (χ0v) is 9.99. The van der Waals surface area contributed by atoms with E-state index >= 15 is 0 Å². The lowest BCUT2D eigenvalue weighted by atomic mass is 10.2. The molecule has 0 spiro atoms. The lowest BCUT2D eigenvalue weighted by Gasteiger charge is -2.12. The number of pyridine rings is 1. The number of nitrogens with zero attached hydrogens (tertiary/aromatic N) is 1. The Morgan fingerprint density at radius 1 is 1.65 bits per heavy atom. The fourth-order valence-corrected chi connectivity index (χ4v) is 2.06. The first-order chi connectivity index (χ1) is 8.15. The Morgan fingerprint density at radius 2 is 2.47 bits per heavy atom. The van der Waals surface area contributed by atoms with Crippen LogP contribution in [0.25, 0.3) is 0 Å². The van der Waals surface area contributed by atoms with Gasteiger partial charge in [-0.2, -0.15) is 0 Å². The van der Waals surface area contributed by atoms with Gasteiger partial charge in [0.25, 0.3) is 0 Å². The van der Waals surface area contributed by atoms with Crippen molar-refractivity contribution in [3.8, 4) is 0 Å². The van der Waals surface area contributed by atoms with E-state index in [1.54, 1.807) is 12.1 Å². The highest BCUT2D eigenvalue weighted by Crippen LogP contribution is 2.11. The number of amides is 1. The Labute approximate surface area is 101 Å². The van der Waals surface area contributed by atoms with Gasteiger partial charge in [0, 0.05) is 23.8 Å². The Bertz CT molecular complexity index is 413. The molecule has 17 heavy (non-hydrogen) atoms. The second-order valence-electron chi connectivity index (χ2n) is 4.42. The highest BCUT2D eigenvalue weighted by Gasteiger charge is 2.13. The normalized spacial score (nSPS) is 19.2. The molecular weight excluding hydrogens is 216 g/mol. The summed E-state index contributed by atoms with van der Waals surface area (Å²) in [6.45, 7) is 3.76. The van der Waals surface area contributed by atoms with Gasteiger partial charge in [0.1, 0.15) is 5.82 Å². The molecule has 4 N–H and O–H groups in total. The predicted octanol–water partition coefficient (Wildman–Crippen LogP) is 0.653. The van der Waals surface area contributed by atoms with Crippen LogP contribution in [0.1, 0.15) is 28.9 Å². The van der Waals surface area contributed by atoms with Crippen molar-refractivity contribution in [2.75, 3.05) is 18.4 Å². The Morgan fingerprint density at radius 3 is 3.12 bits per heavy atom. The van der Waals surface area contributed by atoms with Gasteiger partial charge in [-0.25, -0.2) is 4.98 Å². The molecule has 5 nitrogen and oxygen atoms in total. The first-order valence-corrected chi connectivity index (χ1v) is 5.91. The van der Waals surface area contributed by atoms with Crippen molar-refractivity contribution >= 4 is 11.7 Å². The molecule has 92 valence electrons. The molecular formula is C12H18N4O. The zero-order chi connectivity index (χ0) is 12.3. The first-order valence-electron chi connectivity index (χ1n) is 5.91. The molecule has 1 unspecified atom stereocenters. The number of nitrogens with two attached hydrogens (primary N) is 1. The molecule has 1 amide bonds. The predicted molar refractivity (Wildman–Crippen MR) is 67.0 cm³/mol. The SMILES string of the molecule is Cc1cc(C(N)=O)cc(NCC2CCCN2)n1. The topological polar surface area (TPSA) is 80.0 Å². The molecule has 0 aromatic carbocycles. The van der Waals surface area contributed by atoms with Crippen LogP contribution in [0.3, 0.4) is 0 Å². The molecule has 0 saturated carbocycles. The number of hydrogen-bond acceptors (Lipinski definition) is 4. The molecule has 1 aliphatic rings. The van der Waals surface area contributed by atoms with Gasteiger partial charge in [0.05, 0.1) is 0 Å². The van der Waals surface area contributed by atoms with E-state index in [0.29, 0.717) is 17.4 Å². The number of aryl methyl sites for hydroxylation is 1. The molecule has 1 saturated heterocycles. The fraction of sp³-hybridized carbons (Fsp3) is 0.500. The van der Waals surface area contributed by atoms with E-state index in [0.717, 1.165) is 18.8 Å². The number of aromatic nitrogens is 1. The summed E-state index contributed by atoms with van der Waals surface area (Å²) in [5.41, 5.74) is 6.56. The van der Waals surface area contributed by atoms with Crippen LogP contribution in [-0.4, -0.2) is 30.0 Å². The van der Waals surface area contributed by atoms with Crippen molar-refractivity contribution in [3.05, 3.63) is 23.4 Å². The molecule has 1 atom stereocenters. The minimum absolute atomic E-state index is 0.419. The number of primary amides is 1. The highest BCUT2D eigenvalue weighted by molar-refractivity contribution is 5.93. The van der Waals surface area contributed by atoms with Crippen LogP contribution in [0.2, 0.25) is 0 Å². The number of nitrogens with one attached hydrogen (secondary N) is 2. The Hall–Kier alpha value is -1.62. The first kappa shape index (κ1) is 11.9. The molecule has 0 radical (unpaired) electrons. The molecule has 0 bridgehead atoms. The minimum Gasteiger partial charge on any atom is -0.368 e. The maximum Gasteiger partial charge on any atom is 0.248 e. The Kier molecular flexibility index (Phi) is 3.58. The monoisotopic (exact) mass is 234 g/mol. The third kappa shape index (κ3) is 3.17. The van der Waals surface area contributed by atoms with E-state index in [2.05, 4.69) is 15.6 Å². The van der Waals surface area contributed by atoms with E-state index in [-0.39, 0.29) is 0 Å². The summed E-state index contributed by atoms with van der Waals surface area (Å²) in [6, 6.07) is 3.89. The van der Waals surface area contributed by atoms with Crippen molar-refractivity contribution in [1.82, 2.24) is 10.3 Å². The second kappa shape index (κ2) is 5.14. The molecule has 1 aliphatic heterocycles. The molecule has 2 rings (SSSR count). The van der Waals surface area contributed by atoms with Gasteiger partial charge in [-0.05, 0) is 38.4 Å². The molecule has 1 fully saturated rings. The van der Waals surface area contributed by atoms with Crippen LogP contribution in [0.5, 0.6) is 0 Å². The summed E-state index contributed by atoms with van der Waals surface area (Å²) < 4.78 is 0. The zero-order valence-electron chi connectivity index (χ0n) is 9.99. The van der Waals surface area contributed by atoms with Gasteiger partial charge >= 0.3 is 0 Å². The summed E-state index contributed by atoms with van der Waals surface area (Å²) in [4.78, 5) is 15.5.